The minimum absolute atomic E-state index is 0.0305. The van der Waals surface area contributed by atoms with Crippen LogP contribution in [0.15, 0.2) is 36.5 Å². The molecule has 1 amide bonds. The van der Waals surface area contributed by atoms with E-state index in [0.717, 1.165) is 50.0 Å². The van der Waals surface area contributed by atoms with Crippen LogP contribution >= 0.6 is 0 Å². The highest BCUT2D eigenvalue weighted by atomic mass is 16.3. The number of carbonyl (C=O) groups excluding carboxylic acids is 1. The van der Waals surface area contributed by atoms with E-state index in [9.17, 15) is 9.90 Å². The van der Waals surface area contributed by atoms with Gasteiger partial charge < -0.3 is 10.0 Å². The summed E-state index contributed by atoms with van der Waals surface area (Å²) in [5.41, 5.74) is 4.28. The highest BCUT2D eigenvalue weighted by Crippen LogP contribution is 2.25. The Morgan fingerprint density at radius 2 is 2.00 bits per heavy atom. The number of aromatic nitrogens is 3. The molecule has 1 N–H and O–H groups in total. The van der Waals surface area contributed by atoms with Gasteiger partial charge in [-0.15, -0.1) is 0 Å². The molecule has 4 rings (SSSR count). The van der Waals surface area contributed by atoms with Crippen molar-refractivity contribution in [3.8, 4) is 5.75 Å². The number of phenols is 1. The van der Waals surface area contributed by atoms with Crippen LogP contribution in [0.5, 0.6) is 5.75 Å². The quantitative estimate of drug-likeness (QED) is 0.752. The van der Waals surface area contributed by atoms with Crippen molar-refractivity contribution in [2.75, 3.05) is 6.54 Å². The van der Waals surface area contributed by atoms with Gasteiger partial charge in [-0.05, 0) is 69.7 Å². The Balaban J connectivity index is 1.55. The molecule has 6 nitrogen and oxygen atoms in total. The Morgan fingerprint density at radius 1 is 1.21 bits per heavy atom. The standard InChI is InChI=1S/C22H26N4O2/c1-15-13-16(2)26-21(24-15)20(14-23-26)22(28)25-12-4-3-5-18(25)9-6-17-7-10-19(27)11-8-17/h7-8,10-11,13-14,18,27H,3-6,9,12H2,1-2H3/t18-/m0/s1. The van der Waals surface area contributed by atoms with Crippen molar-refractivity contribution in [1.82, 2.24) is 19.5 Å². The molecule has 146 valence electrons. The number of phenolic OH excluding ortho intramolecular Hbond substituents is 1. The largest absolute Gasteiger partial charge is 0.508 e. The second kappa shape index (κ2) is 7.62. The fourth-order valence-corrected chi connectivity index (χ4v) is 4.14. The summed E-state index contributed by atoms with van der Waals surface area (Å²) in [6, 6.07) is 9.52. The molecule has 0 radical (unpaired) electrons. The first-order valence-corrected chi connectivity index (χ1v) is 9.94. The zero-order chi connectivity index (χ0) is 19.7. The third kappa shape index (κ3) is 3.59. The SMILES string of the molecule is Cc1cc(C)n2ncc(C(=O)N3CCCC[C@H]3CCc3ccc(O)cc3)c2n1. The molecular formula is C22H26N4O2. The Labute approximate surface area is 164 Å². The molecule has 1 atom stereocenters. The van der Waals surface area contributed by atoms with Gasteiger partial charge in [0, 0.05) is 24.0 Å². The number of nitrogens with zero attached hydrogens (tertiary/aromatic N) is 4. The summed E-state index contributed by atoms with van der Waals surface area (Å²) >= 11 is 0. The van der Waals surface area contributed by atoms with Crippen LogP contribution < -0.4 is 0 Å². The second-order valence-corrected chi connectivity index (χ2v) is 7.69. The van der Waals surface area contributed by atoms with Gasteiger partial charge in [0.05, 0.1) is 6.20 Å². The molecule has 0 aliphatic carbocycles. The van der Waals surface area contributed by atoms with E-state index in [4.69, 9.17) is 0 Å². The predicted octanol–water partition coefficient (Wildman–Crippen LogP) is 3.68. The Hall–Kier alpha value is -2.89. The molecule has 1 aliphatic heterocycles. The average molecular weight is 378 g/mol. The Morgan fingerprint density at radius 3 is 2.79 bits per heavy atom. The van der Waals surface area contributed by atoms with Crippen LogP contribution in [-0.2, 0) is 6.42 Å². The minimum Gasteiger partial charge on any atom is -0.508 e. The number of aromatic hydroxyl groups is 1. The number of amides is 1. The van der Waals surface area contributed by atoms with Crippen molar-refractivity contribution < 1.29 is 9.90 Å². The van der Waals surface area contributed by atoms with E-state index in [1.54, 1.807) is 22.8 Å². The van der Waals surface area contributed by atoms with Gasteiger partial charge >= 0.3 is 0 Å². The summed E-state index contributed by atoms with van der Waals surface area (Å²) in [7, 11) is 0. The summed E-state index contributed by atoms with van der Waals surface area (Å²) < 4.78 is 1.75. The van der Waals surface area contributed by atoms with Gasteiger partial charge in [-0.2, -0.15) is 5.10 Å². The molecule has 1 aliphatic rings. The monoisotopic (exact) mass is 378 g/mol. The van der Waals surface area contributed by atoms with Crippen LogP contribution in [0.1, 0.15) is 53.0 Å². The van der Waals surface area contributed by atoms with Crippen molar-refractivity contribution in [2.45, 2.75) is 52.0 Å². The van der Waals surface area contributed by atoms with Gasteiger partial charge in [-0.25, -0.2) is 9.50 Å². The number of carbonyl (C=O) groups is 1. The maximum absolute atomic E-state index is 13.4. The van der Waals surface area contributed by atoms with Crippen molar-refractivity contribution in [3.63, 3.8) is 0 Å². The van der Waals surface area contributed by atoms with Gasteiger partial charge in [0.15, 0.2) is 5.65 Å². The summed E-state index contributed by atoms with van der Waals surface area (Å²) in [6.45, 7) is 4.70. The van der Waals surface area contributed by atoms with Crippen molar-refractivity contribution in [3.05, 3.63) is 59.0 Å². The number of hydrogen-bond acceptors (Lipinski definition) is 4. The normalized spacial score (nSPS) is 17.2. The molecule has 6 heteroatoms. The van der Waals surface area contributed by atoms with Crippen molar-refractivity contribution in [1.29, 1.82) is 0 Å². The van der Waals surface area contributed by atoms with E-state index in [1.165, 1.54) is 5.56 Å². The summed E-state index contributed by atoms with van der Waals surface area (Å²) in [5.74, 6) is 0.312. The fourth-order valence-electron chi connectivity index (χ4n) is 4.14. The number of fused-ring (bicyclic) bond motifs is 1. The fraction of sp³-hybridized carbons (Fsp3) is 0.409. The number of likely N-dealkylation sites (tertiary alicyclic amines) is 1. The van der Waals surface area contributed by atoms with E-state index in [0.29, 0.717) is 11.2 Å². The third-order valence-corrected chi connectivity index (χ3v) is 5.60. The Bertz CT molecular complexity index is 994. The first kappa shape index (κ1) is 18.5. The number of benzene rings is 1. The van der Waals surface area contributed by atoms with E-state index in [1.807, 2.05) is 36.9 Å². The lowest BCUT2D eigenvalue weighted by Gasteiger charge is -2.35. The topological polar surface area (TPSA) is 70.7 Å². The average Bonchev–Trinajstić information content (AvgIpc) is 3.11. The van der Waals surface area contributed by atoms with Gasteiger partial charge in [-0.1, -0.05) is 12.1 Å². The van der Waals surface area contributed by atoms with Gasteiger partial charge in [0.25, 0.3) is 5.91 Å². The molecule has 3 heterocycles. The molecule has 28 heavy (non-hydrogen) atoms. The molecule has 1 saturated heterocycles. The molecule has 0 spiro atoms. The van der Waals surface area contributed by atoms with E-state index in [-0.39, 0.29) is 17.7 Å². The first-order valence-electron chi connectivity index (χ1n) is 9.94. The molecule has 2 aromatic heterocycles. The van der Waals surface area contributed by atoms with Crippen molar-refractivity contribution in [2.24, 2.45) is 0 Å². The number of hydrogen-bond donors (Lipinski definition) is 1. The molecule has 0 bridgehead atoms. The number of aryl methyl sites for hydroxylation is 3. The van der Waals surface area contributed by atoms with Gasteiger partial charge in [0.2, 0.25) is 0 Å². The zero-order valence-corrected chi connectivity index (χ0v) is 16.4. The lowest BCUT2D eigenvalue weighted by molar-refractivity contribution is 0.0603. The molecule has 1 aromatic carbocycles. The smallest absolute Gasteiger partial charge is 0.259 e. The molecule has 1 fully saturated rings. The Kier molecular flexibility index (Phi) is 5.03. The second-order valence-electron chi connectivity index (χ2n) is 7.69. The van der Waals surface area contributed by atoms with Crippen LogP contribution in [0, 0.1) is 13.8 Å². The van der Waals surface area contributed by atoms with Gasteiger partial charge in [0.1, 0.15) is 11.3 Å². The van der Waals surface area contributed by atoms with E-state index in [2.05, 4.69) is 10.1 Å². The van der Waals surface area contributed by atoms with Crippen LogP contribution in [-0.4, -0.2) is 43.1 Å². The summed E-state index contributed by atoms with van der Waals surface area (Å²) in [5, 5.41) is 13.8. The van der Waals surface area contributed by atoms with Crippen LogP contribution in [0.3, 0.4) is 0 Å². The minimum atomic E-state index is 0.0305. The summed E-state index contributed by atoms with van der Waals surface area (Å²) in [6.07, 6.45) is 6.67. The van der Waals surface area contributed by atoms with E-state index < -0.39 is 0 Å². The maximum atomic E-state index is 13.4. The predicted molar refractivity (Wildman–Crippen MR) is 108 cm³/mol. The molecule has 3 aromatic rings. The van der Waals surface area contributed by atoms with Crippen LogP contribution in [0.2, 0.25) is 0 Å². The van der Waals surface area contributed by atoms with Crippen LogP contribution in [0.4, 0.5) is 0 Å². The highest BCUT2D eigenvalue weighted by Gasteiger charge is 2.29. The molecule has 0 unspecified atom stereocenters. The van der Waals surface area contributed by atoms with Gasteiger partial charge in [-0.3, -0.25) is 4.79 Å². The maximum Gasteiger partial charge on any atom is 0.259 e. The third-order valence-electron chi connectivity index (χ3n) is 5.60. The summed E-state index contributed by atoms with van der Waals surface area (Å²) in [4.78, 5) is 19.9. The molecule has 0 saturated carbocycles. The zero-order valence-electron chi connectivity index (χ0n) is 16.4. The first-order chi connectivity index (χ1) is 13.5. The molecular weight excluding hydrogens is 352 g/mol. The number of piperidine rings is 1. The lowest BCUT2D eigenvalue weighted by Crippen LogP contribution is -2.44. The number of rotatable bonds is 4. The van der Waals surface area contributed by atoms with E-state index >= 15 is 0 Å². The van der Waals surface area contributed by atoms with Crippen molar-refractivity contribution >= 4 is 11.6 Å². The van der Waals surface area contributed by atoms with Crippen LogP contribution in [0.25, 0.3) is 5.65 Å². The lowest BCUT2D eigenvalue weighted by atomic mass is 9.95. The highest BCUT2D eigenvalue weighted by molar-refractivity contribution is 5.99.